The molecule has 9 heteroatoms. The zero-order valence-corrected chi connectivity index (χ0v) is 17.1. The topological polar surface area (TPSA) is 113 Å². The van der Waals surface area contributed by atoms with Gasteiger partial charge in [0.1, 0.15) is 0 Å². The molecule has 3 saturated heterocycles. The molecule has 3 fully saturated rings. The van der Waals surface area contributed by atoms with E-state index in [2.05, 4.69) is 12.2 Å². The molecule has 158 valence electrons. The minimum Gasteiger partial charge on any atom is -0.481 e. The van der Waals surface area contributed by atoms with Gasteiger partial charge in [-0.3, -0.25) is 9.59 Å². The molecule has 29 heavy (non-hydrogen) atoms. The van der Waals surface area contributed by atoms with E-state index in [9.17, 15) is 23.1 Å². The molecule has 3 aliphatic heterocycles. The molecule has 0 saturated carbocycles. The Hall–Kier alpha value is -1.97. The van der Waals surface area contributed by atoms with Crippen molar-refractivity contribution >= 4 is 27.6 Å². The Labute approximate surface area is 170 Å². The van der Waals surface area contributed by atoms with Crippen molar-refractivity contribution in [3.8, 4) is 0 Å². The number of carbonyl (C=O) groups is 2. The third-order valence-corrected chi connectivity index (χ3v) is 8.28. The standard InChI is InChI=1S/C20H26N2O6S/c1-12-8-10-22(11-9-12)29(26,27)14-4-2-13(3-5-14)21-19(23)17-15-6-7-16(28-15)18(17)20(24)25/h2-5,12,15-18H,6-11H2,1H3,(H,21,23)(H,24,25)/t15-,16-,17-,18-/m0/s1. The van der Waals surface area contributed by atoms with Crippen molar-refractivity contribution in [2.24, 2.45) is 17.8 Å². The van der Waals surface area contributed by atoms with Crippen LogP contribution in [-0.2, 0) is 24.3 Å². The number of rotatable bonds is 5. The zero-order valence-electron chi connectivity index (χ0n) is 16.3. The average Bonchev–Trinajstić information content (AvgIpc) is 3.30. The van der Waals surface area contributed by atoms with Crippen molar-refractivity contribution in [3.63, 3.8) is 0 Å². The Kier molecular flexibility index (Phi) is 5.39. The highest BCUT2D eigenvalue weighted by molar-refractivity contribution is 7.89. The number of hydrogen-bond acceptors (Lipinski definition) is 5. The number of nitrogens with zero attached hydrogens (tertiary/aromatic N) is 1. The van der Waals surface area contributed by atoms with Crippen molar-refractivity contribution < 1.29 is 27.9 Å². The fourth-order valence-corrected chi connectivity index (χ4v) is 6.10. The van der Waals surface area contributed by atoms with E-state index in [1.807, 2.05) is 0 Å². The van der Waals surface area contributed by atoms with Gasteiger partial charge < -0.3 is 15.2 Å². The molecule has 3 aliphatic rings. The fourth-order valence-electron chi connectivity index (χ4n) is 4.63. The number of aliphatic carboxylic acids is 1. The van der Waals surface area contributed by atoms with Crippen LogP contribution in [0.4, 0.5) is 5.69 Å². The molecule has 0 radical (unpaired) electrons. The van der Waals surface area contributed by atoms with Gasteiger partial charge in [-0.15, -0.1) is 0 Å². The average molecular weight is 423 g/mol. The van der Waals surface area contributed by atoms with Crippen LogP contribution >= 0.6 is 0 Å². The van der Waals surface area contributed by atoms with Gasteiger partial charge in [0.2, 0.25) is 15.9 Å². The molecule has 8 nitrogen and oxygen atoms in total. The molecule has 4 atom stereocenters. The molecular weight excluding hydrogens is 396 g/mol. The summed E-state index contributed by atoms with van der Waals surface area (Å²) in [5, 5.41) is 12.2. The Balaban J connectivity index is 1.44. The molecule has 2 bridgehead atoms. The Morgan fingerprint density at radius 1 is 1.03 bits per heavy atom. The number of carboxylic acid groups (broad SMARTS) is 1. The molecule has 0 unspecified atom stereocenters. The summed E-state index contributed by atoms with van der Waals surface area (Å²) in [5.74, 6) is -2.46. The van der Waals surface area contributed by atoms with E-state index in [0.29, 0.717) is 37.5 Å². The number of fused-ring (bicyclic) bond motifs is 2. The highest BCUT2D eigenvalue weighted by atomic mass is 32.2. The lowest BCUT2D eigenvalue weighted by Crippen LogP contribution is -2.41. The third-order valence-electron chi connectivity index (χ3n) is 6.36. The normalized spacial score (nSPS) is 30.4. The number of carbonyl (C=O) groups excluding carboxylic acids is 1. The number of hydrogen-bond donors (Lipinski definition) is 2. The van der Waals surface area contributed by atoms with E-state index in [4.69, 9.17) is 4.74 Å². The number of sulfonamides is 1. The van der Waals surface area contributed by atoms with Gasteiger partial charge in [0.05, 0.1) is 28.9 Å². The molecule has 1 amide bonds. The van der Waals surface area contributed by atoms with Gasteiger partial charge in [-0.05, 0) is 55.9 Å². The number of carboxylic acids is 1. The van der Waals surface area contributed by atoms with Crippen LogP contribution in [0.1, 0.15) is 32.6 Å². The second kappa shape index (κ2) is 7.70. The molecule has 1 aromatic rings. The molecular formula is C20H26N2O6S. The van der Waals surface area contributed by atoms with Gasteiger partial charge in [0.25, 0.3) is 0 Å². The number of piperidine rings is 1. The van der Waals surface area contributed by atoms with Crippen LogP contribution in [0.5, 0.6) is 0 Å². The van der Waals surface area contributed by atoms with E-state index in [-0.39, 0.29) is 11.0 Å². The van der Waals surface area contributed by atoms with Crippen molar-refractivity contribution in [3.05, 3.63) is 24.3 Å². The summed E-state index contributed by atoms with van der Waals surface area (Å²) in [7, 11) is -3.55. The monoisotopic (exact) mass is 422 g/mol. The van der Waals surface area contributed by atoms with Gasteiger partial charge >= 0.3 is 5.97 Å². The maximum atomic E-state index is 12.8. The maximum Gasteiger partial charge on any atom is 0.310 e. The Morgan fingerprint density at radius 2 is 1.62 bits per heavy atom. The van der Waals surface area contributed by atoms with Gasteiger partial charge in [0, 0.05) is 18.8 Å². The summed E-state index contributed by atoms with van der Waals surface area (Å²) in [4.78, 5) is 24.4. The second-order valence-corrected chi connectivity index (χ2v) is 10.2. The first-order chi connectivity index (χ1) is 13.8. The van der Waals surface area contributed by atoms with Crippen molar-refractivity contribution in [2.45, 2.75) is 49.7 Å². The van der Waals surface area contributed by atoms with Crippen LogP contribution in [0.2, 0.25) is 0 Å². The minimum absolute atomic E-state index is 0.191. The van der Waals surface area contributed by atoms with E-state index < -0.39 is 39.8 Å². The SMILES string of the molecule is CC1CCN(S(=O)(=O)c2ccc(NC(=O)[C@@H]3[C@@H](C(=O)O)[C@@H]4CC[C@@H]3O4)cc2)CC1. The smallest absolute Gasteiger partial charge is 0.310 e. The third kappa shape index (κ3) is 3.78. The summed E-state index contributed by atoms with van der Waals surface area (Å²) in [6.45, 7) is 3.16. The first kappa shape index (κ1) is 20.3. The summed E-state index contributed by atoms with van der Waals surface area (Å²) < 4.78 is 32.7. The second-order valence-electron chi connectivity index (χ2n) is 8.28. The van der Waals surface area contributed by atoms with Crippen LogP contribution in [0.3, 0.4) is 0 Å². The molecule has 3 heterocycles. The van der Waals surface area contributed by atoms with Crippen LogP contribution in [0.25, 0.3) is 0 Å². The predicted molar refractivity (Wildman–Crippen MR) is 105 cm³/mol. The van der Waals surface area contributed by atoms with Crippen LogP contribution in [-0.4, -0.2) is 55.0 Å². The first-order valence-corrected chi connectivity index (χ1v) is 11.5. The fraction of sp³-hybridized carbons (Fsp3) is 0.600. The van der Waals surface area contributed by atoms with E-state index in [1.54, 1.807) is 12.1 Å². The molecule has 2 N–H and O–H groups in total. The molecule has 0 aromatic heterocycles. The Morgan fingerprint density at radius 3 is 2.21 bits per heavy atom. The number of benzene rings is 1. The quantitative estimate of drug-likeness (QED) is 0.750. The zero-order chi connectivity index (χ0) is 20.8. The molecule has 0 spiro atoms. The predicted octanol–water partition coefficient (Wildman–Crippen LogP) is 1.92. The lowest BCUT2D eigenvalue weighted by atomic mass is 9.78. The summed E-state index contributed by atoms with van der Waals surface area (Å²) >= 11 is 0. The summed E-state index contributed by atoms with van der Waals surface area (Å²) in [6.07, 6.45) is 2.26. The van der Waals surface area contributed by atoms with Crippen LogP contribution < -0.4 is 5.32 Å². The molecule has 4 rings (SSSR count). The van der Waals surface area contributed by atoms with Gasteiger partial charge in [-0.25, -0.2) is 8.42 Å². The lowest BCUT2D eigenvalue weighted by Gasteiger charge is -2.29. The number of anilines is 1. The van der Waals surface area contributed by atoms with Crippen LogP contribution in [0, 0.1) is 17.8 Å². The van der Waals surface area contributed by atoms with E-state index in [0.717, 1.165) is 12.8 Å². The number of ether oxygens (including phenoxy) is 1. The van der Waals surface area contributed by atoms with Crippen molar-refractivity contribution in [1.82, 2.24) is 4.31 Å². The molecule has 1 aromatic carbocycles. The first-order valence-electron chi connectivity index (χ1n) is 10.1. The highest BCUT2D eigenvalue weighted by Crippen LogP contribution is 2.44. The van der Waals surface area contributed by atoms with Gasteiger partial charge in [-0.2, -0.15) is 4.31 Å². The van der Waals surface area contributed by atoms with E-state index >= 15 is 0 Å². The van der Waals surface area contributed by atoms with E-state index in [1.165, 1.54) is 16.4 Å². The highest BCUT2D eigenvalue weighted by Gasteiger charge is 2.55. The maximum absolute atomic E-state index is 12.8. The number of nitrogens with one attached hydrogen (secondary N) is 1. The summed E-state index contributed by atoms with van der Waals surface area (Å²) in [6, 6.07) is 6.05. The summed E-state index contributed by atoms with van der Waals surface area (Å²) in [5.41, 5.74) is 0.438. The lowest BCUT2D eigenvalue weighted by molar-refractivity contribution is -0.147. The largest absolute Gasteiger partial charge is 0.481 e. The minimum atomic E-state index is -3.55. The van der Waals surface area contributed by atoms with Crippen molar-refractivity contribution in [2.75, 3.05) is 18.4 Å². The van der Waals surface area contributed by atoms with Gasteiger partial charge in [0.15, 0.2) is 0 Å². The van der Waals surface area contributed by atoms with Gasteiger partial charge in [-0.1, -0.05) is 6.92 Å². The van der Waals surface area contributed by atoms with Crippen molar-refractivity contribution in [1.29, 1.82) is 0 Å². The van der Waals surface area contributed by atoms with Crippen LogP contribution in [0.15, 0.2) is 29.2 Å². The Bertz CT molecular complexity index is 892. The molecule has 0 aliphatic carbocycles. The number of amides is 1.